The van der Waals surface area contributed by atoms with E-state index in [1.54, 1.807) is 19.1 Å². The quantitative estimate of drug-likeness (QED) is 0.808. The van der Waals surface area contributed by atoms with E-state index in [0.717, 1.165) is 17.7 Å². The molecule has 0 unspecified atom stereocenters. The second kappa shape index (κ2) is 6.09. The maximum absolute atomic E-state index is 12.7. The van der Waals surface area contributed by atoms with Gasteiger partial charge in [-0.1, -0.05) is 23.8 Å². The van der Waals surface area contributed by atoms with E-state index in [1.165, 1.54) is 6.07 Å². The topological polar surface area (TPSA) is 41.1 Å². The second-order valence-electron chi connectivity index (χ2n) is 4.97. The molecule has 3 nitrogen and oxygen atoms in total. The summed E-state index contributed by atoms with van der Waals surface area (Å²) < 4.78 is 38.1. The van der Waals surface area contributed by atoms with E-state index in [2.05, 4.69) is 10.6 Å². The van der Waals surface area contributed by atoms with E-state index in [9.17, 15) is 18.0 Å². The number of rotatable bonds is 2. The van der Waals surface area contributed by atoms with Crippen LogP contribution in [0.5, 0.6) is 0 Å². The van der Waals surface area contributed by atoms with E-state index in [4.69, 9.17) is 0 Å². The number of anilines is 2. The minimum Gasteiger partial charge on any atom is -0.308 e. The number of alkyl halides is 3. The van der Waals surface area contributed by atoms with Crippen molar-refractivity contribution in [3.05, 3.63) is 59.2 Å². The van der Waals surface area contributed by atoms with E-state index in [-0.39, 0.29) is 5.69 Å². The molecule has 0 aliphatic heterocycles. The fraction of sp³-hybridized carbons (Fsp3) is 0.188. The maximum Gasteiger partial charge on any atom is 0.416 e. The van der Waals surface area contributed by atoms with Crippen LogP contribution in [0.1, 0.15) is 16.7 Å². The number of hydrogen-bond donors (Lipinski definition) is 2. The molecule has 0 fully saturated rings. The number of benzene rings is 2. The molecule has 0 heterocycles. The molecule has 2 N–H and O–H groups in total. The highest BCUT2D eigenvalue weighted by molar-refractivity contribution is 6.00. The van der Waals surface area contributed by atoms with Gasteiger partial charge in [-0.05, 0) is 43.7 Å². The average Bonchev–Trinajstić information content (AvgIpc) is 2.42. The molecule has 2 rings (SSSR count). The summed E-state index contributed by atoms with van der Waals surface area (Å²) >= 11 is 0. The summed E-state index contributed by atoms with van der Waals surface area (Å²) in [6.45, 7) is 3.54. The van der Waals surface area contributed by atoms with Gasteiger partial charge in [0.1, 0.15) is 0 Å². The van der Waals surface area contributed by atoms with Gasteiger partial charge in [0.05, 0.1) is 5.56 Å². The van der Waals surface area contributed by atoms with Crippen LogP contribution < -0.4 is 10.6 Å². The highest BCUT2D eigenvalue weighted by Crippen LogP contribution is 2.32. The number of nitrogens with one attached hydrogen (secondary N) is 2. The predicted molar refractivity (Wildman–Crippen MR) is 80.0 cm³/mol. The highest BCUT2D eigenvalue weighted by atomic mass is 19.4. The Bertz CT molecular complexity index is 679. The highest BCUT2D eigenvalue weighted by Gasteiger charge is 2.30. The summed E-state index contributed by atoms with van der Waals surface area (Å²) in [4.78, 5) is 11.9. The van der Waals surface area contributed by atoms with Crippen LogP contribution in [-0.4, -0.2) is 6.03 Å². The third-order valence-electron chi connectivity index (χ3n) is 3.12. The van der Waals surface area contributed by atoms with E-state index in [1.807, 2.05) is 19.1 Å². The van der Waals surface area contributed by atoms with Crippen molar-refractivity contribution in [1.29, 1.82) is 0 Å². The smallest absolute Gasteiger partial charge is 0.308 e. The third kappa shape index (κ3) is 4.00. The zero-order valence-corrected chi connectivity index (χ0v) is 12.1. The first kappa shape index (κ1) is 15.9. The van der Waals surface area contributed by atoms with Gasteiger partial charge in [-0.2, -0.15) is 13.2 Å². The fourth-order valence-corrected chi connectivity index (χ4v) is 1.85. The van der Waals surface area contributed by atoms with Crippen LogP contribution in [0.3, 0.4) is 0 Å². The SMILES string of the molecule is Cc1ccc(NC(=O)Nc2cc(C(F)(F)F)ccc2C)cc1. The molecule has 0 aromatic heterocycles. The van der Waals surface area contributed by atoms with Gasteiger partial charge in [-0.25, -0.2) is 4.79 Å². The molecule has 0 saturated carbocycles. The van der Waals surface area contributed by atoms with Crippen molar-refractivity contribution in [2.45, 2.75) is 20.0 Å². The molecule has 2 aromatic carbocycles. The van der Waals surface area contributed by atoms with Crippen LogP contribution in [0, 0.1) is 13.8 Å². The van der Waals surface area contributed by atoms with Gasteiger partial charge in [0, 0.05) is 11.4 Å². The molecule has 6 heteroatoms. The summed E-state index contributed by atoms with van der Waals surface area (Å²) in [6, 6.07) is 9.72. The van der Waals surface area contributed by atoms with Crippen molar-refractivity contribution in [1.82, 2.24) is 0 Å². The molecule has 2 aromatic rings. The molecular weight excluding hydrogens is 293 g/mol. The lowest BCUT2D eigenvalue weighted by atomic mass is 10.1. The van der Waals surface area contributed by atoms with Gasteiger partial charge in [-0.3, -0.25) is 0 Å². The van der Waals surface area contributed by atoms with Gasteiger partial charge in [0.2, 0.25) is 0 Å². The van der Waals surface area contributed by atoms with Crippen LogP contribution in [0.25, 0.3) is 0 Å². The van der Waals surface area contributed by atoms with Crippen molar-refractivity contribution in [2.75, 3.05) is 10.6 Å². The minimum atomic E-state index is -4.45. The molecule has 2 amide bonds. The number of halogens is 3. The summed E-state index contributed by atoms with van der Waals surface area (Å²) in [6.07, 6.45) is -4.45. The Morgan fingerprint density at radius 3 is 2.18 bits per heavy atom. The number of aryl methyl sites for hydroxylation is 2. The number of amides is 2. The van der Waals surface area contributed by atoms with Gasteiger partial charge in [0.25, 0.3) is 0 Å². The van der Waals surface area contributed by atoms with Crippen LogP contribution in [0.4, 0.5) is 29.3 Å². The molecule has 0 spiro atoms. The molecule has 116 valence electrons. The molecule has 22 heavy (non-hydrogen) atoms. The first-order valence-corrected chi connectivity index (χ1v) is 6.58. The minimum absolute atomic E-state index is 0.124. The largest absolute Gasteiger partial charge is 0.416 e. The molecule has 0 radical (unpaired) electrons. The molecule has 0 aliphatic rings. The van der Waals surface area contributed by atoms with E-state index in [0.29, 0.717) is 11.3 Å². The second-order valence-corrected chi connectivity index (χ2v) is 4.97. The lowest BCUT2D eigenvalue weighted by Gasteiger charge is -2.13. The zero-order chi connectivity index (χ0) is 16.3. The van der Waals surface area contributed by atoms with Crippen LogP contribution in [-0.2, 0) is 6.18 Å². The zero-order valence-electron chi connectivity index (χ0n) is 12.1. The van der Waals surface area contributed by atoms with Gasteiger partial charge >= 0.3 is 12.2 Å². The Labute approximate surface area is 126 Å². The van der Waals surface area contributed by atoms with Crippen LogP contribution >= 0.6 is 0 Å². The first-order valence-electron chi connectivity index (χ1n) is 6.58. The van der Waals surface area contributed by atoms with E-state index < -0.39 is 17.8 Å². The van der Waals surface area contributed by atoms with Crippen LogP contribution in [0.15, 0.2) is 42.5 Å². The molecule has 0 atom stereocenters. The summed E-state index contributed by atoms with van der Waals surface area (Å²) in [5.74, 6) is 0. The van der Waals surface area contributed by atoms with Gasteiger partial charge in [0.15, 0.2) is 0 Å². The lowest BCUT2D eigenvalue weighted by molar-refractivity contribution is -0.137. The fourth-order valence-electron chi connectivity index (χ4n) is 1.85. The van der Waals surface area contributed by atoms with Crippen LogP contribution in [0.2, 0.25) is 0 Å². The lowest BCUT2D eigenvalue weighted by Crippen LogP contribution is -2.20. The van der Waals surface area contributed by atoms with E-state index >= 15 is 0 Å². The molecule has 0 saturated heterocycles. The standard InChI is InChI=1S/C16H15F3N2O/c1-10-3-7-13(8-4-10)20-15(22)21-14-9-12(16(17,18)19)6-5-11(14)2/h3-9H,1-2H3,(H2,20,21,22). The van der Waals surface area contributed by atoms with Gasteiger partial charge < -0.3 is 10.6 Å². The normalized spacial score (nSPS) is 11.1. The predicted octanol–water partition coefficient (Wildman–Crippen LogP) is 4.97. The Morgan fingerprint density at radius 2 is 1.59 bits per heavy atom. The number of carbonyl (C=O) groups excluding carboxylic acids is 1. The van der Waals surface area contributed by atoms with Crippen molar-refractivity contribution in [3.8, 4) is 0 Å². The first-order chi connectivity index (χ1) is 10.3. The summed E-state index contributed by atoms with van der Waals surface area (Å²) in [7, 11) is 0. The van der Waals surface area contributed by atoms with Gasteiger partial charge in [-0.15, -0.1) is 0 Å². The number of hydrogen-bond acceptors (Lipinski definition) is 1. The Kier molecular flexibility index (Phi) is 4.40. The number of carbonyl (C=O) groups is 1. The Balaban J connectivity index is 2.12. The van der Waals surface area contributed by atoms with Crippen molar-refractivity contribution < 1.29 is 18.0 Å². The number of urea groups is 1. The monoisotopic (exact) mass is 308 g/mol. The maximum atomic E-state index is 12.7. The summed E-state index contributed by atoms with van der Waals surface area (Å²) in [5, 5.41) is 5.01. The summed E-state index contributed by atoms with van der Waals surface area (Å²) in [5.41, 5.74) is 1.47. The average molecular weight is 308 g/mol. The molecule has 0 bridgehead atoms. The van der Waals surface area contributed by atoms with Crippen molar-refractivity contribution in [3.63, 3.8) is 0 Å². The molecular formula is C16H15F3N2O. The van der Waals surface area contributed by atoms with Crippen molar-refractivity contribution in [2.24, 2.45) is 0 Å². The third-order valence-corrected chi connectivity index (χ3v) is 3.12. The Morgan fingerprint density at radius 1 is 0.955 bits per heavy atom. The van der Waals surface area contributed by atoms with Crippen molar-refractivity contribution >= 4 is 17.4 Å². The Hall–Kier alpha value is -2.50. The molecule has 0 aliphatic carbocycles.